The van der Waals surface area contributed by atoms with Crippen LogP contribution in [0.1, 0.15) is 36.2 Å². The van der Waals surface area contributed by atoms with Gasteiger partial charge in [-0.15, -0.1) is 0 Å². The number of hydrogen-bond donors (Lipinski definition) is 2. The molecule has 1 rings (SSSR count). The van der Waals surface area contributed by atoms with Crippen molar-refractivity contribution in [1.82, 2.24) is 4.90 Å². The van der Waals surface area contributed by atoms with Crippen LogP contribution >= 0.6 is 0 Å². The van der Waals surface area contributed by atoms with Crippen molar-refractivity contribution in [3.8, 4) is 0 Å². The van der Waals surface area contributed by atoms with Gasteiger partial charge in [-0.2, -0.15) is 0 Å². The lowest BCUT2D eigenvalue weighted by Crippen LogP contribution is -2.38. The zero-order valence-corrected chi connectivity index (χ0v) is 11.3. The van der Waals surface area contributed by atoms with Crippen molar-refractivity contribution in [3.05, 3.63) is 29.3 Å². The quantitative estimate of drug-likeness (QED) is 0.783. The van der Waals surface area contributed by atoms with E-state index in [9.17, 15) is 4.79 Å². The van der Waals surface area contributed by atoms with Crippen molar-refractivity contribution < 1.29 is 9.90 Å². The predicted octanol–water partition coefficient (Wildman–Crippen LogP) is 1.81. The van der Waals surface area contributed by atoms with Crippen LogP contribution in [0, 0.1) is 6.92 Å². The van der Waals surface area contributed by atoms with Gasteiger partial charge < -0.3 is 15.7 Å². The minimum Gasteiger partial charge on any atom is -0.398 e. The molecule has 0 aliphatic rings. The number of aliphatic hydroxyl groups is 1. The Kier molecular flexibility index (Phi) is 5.16. The number of aliphatic hydroxyl groups excluding tert-OH is 1. The SMILES string of the molecule is Cc1ccc(N)c(C(=O)N(CCCO)C(C)C)c1. The molecule has 3 N–H and O–H groups in total. The van der Waals surface area contributed by atoms with E-state index in [1.807, 2.05) is 32.9 Å². The smallest absolute Gasteiger partial charge is 0.256 e. The normalized spacial score (nSPS) is 10.7. The number of nitrogen functional groups attached to an aromatic ring is 1. The second-order valence-electron chi connectivity index (χ2n) is 4.76. The van der Waals surface area contributed by atoms with Crippen molar-refractivity contribution in [1.29, 1.82) is 0 Å². The first kappa shape index (κ1) is 14.5. The van der Waals surface area contributed by atoms with Crippen LogP contribution in [0.15, 0.2) is 18.2 Å². The Labute approximate surface area is 108 Å². The van der Waals surface area contributed by atoms with Gasteiger partial charge in [0.2, 0.25) is 0 Å². The van der Waals surface area contributed by atoms with Crippen molar-refractivity contribution >= 4 is 11.6 Å². The first-order valence-corrected chi connectivity index (χ1v) is 6.25. The lowest BCUT2D eigenvalue weighted by Gasteiger charge is -2.27. The molecule has 0 unspecified atom stereocenters. The molecule has 0 aliphatic carbocycles. The van der Waals surface area contributed by atoms with Gasteiger partial charge in [-0.1, -0.05) is 11.6 Å². The number of nitrogens with two attached hydrogens (primary N) is 1. The van der Waals surface area contributed by atoms with E-state index >= 15 is 0 Å². The van der Waals surface area contributed by atoms with E-state index in [0.29, 0.717) is 24.2 Å². The average Bonchev–Trinajstić information content (AvgIpc) is 2.32. The summed E-state index contributed by atoms with van der Waals surface area (Å²) in [6.45, 7) is 6.48. The van der Waals surface area contributed by atoms with E-state index in [2.05, 4.69) is 0 Å². The van der Waals surface area contributed by atoms with Gasteiger partial charge in [-0.3, -0.25) is 4.79 Å². The molecule has 100 valence electrons. The van der Waals surface area contributed by atoms with Gasteiger partial charge in [0.25, 0.3) is 5.91 Å². The number of nitrogens with zero attached hydrogens (tertiary/aromatic N) is 1. The zero-order chi connectivity index (χ0) is 13.7. The standard InChI is InChI=1S/C14H22N2O2/c1-10(2)16(7-4-8-17)14(18)12-9-11(3)5-6-13(12)15/h5-6,9-10,17H,4,7-8,15H2,1-3H3. The highest BCUT2D eigenvalue weighted by Gasteiger charge is 2.20. The Morgan fingerprint density at radius 2 is 2.11 bits per heavy atom. The highest BCUT2D eigenvalue weighted by atomic mass is 16.3. The highest BCUT2D eigenvalue weighted by Crippen LogP contribution is 2.17. The Hall–Kier alpha value is -1.55. The third kappa shape index (κ3) is 3.47. The van der Waals surface area contributed by atoms with Crippen molar-refractivity contribution in [2.45, 2.75) is 33.2 Å². The summed E-state index contributed by atoms with van der Waals surface area (Å²) in [5.41, 5.74) is 7.92. The van der Waals surface area contributed by atoms with E-state index < -0.39 is 0 Å². The number of amides is 1. The largest absolute Gasteiger partial charge is 0.398 e. The fraction of sp³-hybridized carbons (Fsp3) is 0.500. The summed E-state index contributed by atoms with van der Waals surface area (Å²) in [7, 11) is 0. The van der Waals surface area contributed by atoms with E-state index in [0.717, 1.165) is 5.56 Å². The van der Waals surface area contributed by atoms with Gasteiger partial charge in [0.15, 0.2) is 0 Å². The molecule has 0 saturated carbocycles. The molecular formula is C14H22N2O2. The minimum atomic E-state index is -0.0698. The first-order valence-electron chi connectivity index (χ1n) is 6.25. The summed E-state index contributed by atoms with van der Waals surface area (Å²) in [5.74, 6) is -0.0698. The number of benzene rings is 1. The Bertz CT molecular complexity index is 416. The molecular weight excluding hydrogens is 228 g/mol. The molecule has 0 radical (unpaired) electrons. The van der Waals surface area contributed by atoms with Gasteiger partial charge in [-0.05, 0) is 39.3 Å². The summed E-state index contributed by atoms with van der Waals surface area (Å²) in [6, 6.07) is 5.54. The van der Waals surface area contributed by atoms with Gasteiger partial charge in [0.05, 0.1) is 5.56 Å². The van der Waals surface area contributed by atoms with Crippen LogP contribution in [0.2, 0.25) is 0 Å². The maximum atomic E-state index is 12.4. The van der Waals surface area contributed by atoms with Crippen LogP contribution in [0.3, 0.4) is 0 Å². The molecule has 0 fully saturated rings. The minimum absolute atomic E-state index is 0.0698. The fourth-order valence-corrected chi connectivity index (χ4v) is 1.85. The first-order chi connectivity index (χ1) is 8.47. The van der Waals surface area contributed by atoms with Gasteiger partial charge in [0.1, 0.15) is 0 Å². The molecule has 1 amide bonds. The third-order valence-corrected chi connectivity index (χ3v) is 2.88. The number of rotatable bonds is 5. The highest BCUT2D eigenvalue weighted by molar-refractivity contribution is 5.99. The maximum absolute atomic E-state index is 12.4. The Morgan fingerprint density at radius 3 is 2.67 bits per heavy atom. The number of carbonyl (C=O) groups excluding carboxylic acids is 1. The third-order valence-electron chi connectivity index (χ3n) is 2.88. The fourth-order valence-electron chi connectivity index (χ4n) is 1.85. The predicted molar refractivity (Wildman–Crippen MR) is 73.5 cm³/mol. The topological polar surface area (TPSA) is 66.6 Å². The van der Waals surface area contributed by atoms with Crippen LogP contribution in [0.4, 0.5) is 5.69 Å². The van der Waals surface area contributed by atoms with E-state index in [1.54, 1.807) is 11.0 Å². The molecule has 0 bridgehead atoms. The summed E-state index contributed by atoms with van der Waals surface area (Å²) < 4.78 is 0. The average molecular weight is 250 g/mol. The summed E-state index contributed by atoms with van der Waals surface area (Å²) >= 11 is 0. The Balaban J connectivity index is 2.98. The molecule has 4 heteroatoms. The lowest BCUT2D eigenvalue weighted by molar-refractivity contribution is 0.0694. The molecule has 0 aromatic heterocycles. The lowest BCUT2D eigenvalue weighted by atomic mass is 10.1. The summed E-state index contributed by atoms with van der Waals surface area (Å²) in [4.78, 5) is 14.2. The monoisotopic (exact) mass is 250 g/mol. The van der Waals surface area contributed by atoms with Crippen LogP contribution < -0.4 is 5.73 Å². The molecule has 0 spiro atoms. The number of aryl methyl sites for hydroxylation is 1. The summed E-state index contributed by atoms with van der Waals surface area (Å²) in [5, 5.41) is 8.89. The van der Waals surface area contributed by atoms with Gasteiger partial charge >= 0.3 is 0 Å². The van der Waals surface area contributed by atoms with E-state index in [1.165, 1.54) is 0 Å². The molecule has 0 heterocycles. The molecule has 1 aromatic carbocycles. The van der Waals surface area contributed by atoms with Crippen molar-refractivity contribution in [2.24, 2.45) is 0 Å². The Morgan fingerprint density at radius 1 is 1.44 bits per heavy atom. The van der Waals surface area contributed by atoms with Gasteiger partial charge in [0, 0.05) is 24.9 Å². The number of anilines is 1. The van der Waals surface area contributed by atoms with Crippen LogP contribution in [-0.2, 0) is 0 Å². The van der Waals surface area contributed by atoms with Crippen molar-refractivity contribution in [2.75, 3.05) is 18.9 Å². The second kappa shape index (κ2) is 6.40. The molecule has 0 atom stereocenters. The number of hydrogen-bond acceptors (Lipinski definition) is 3. The molecule has 0 saturated heterocycles. The summed E-state index contributed by atoms with van der Waals surface area (Å²) in [6.07, 6.45) is 0.579. The van der Waals surface area contributed by atoms with E-state index in [4.69, 9.17) is 10.8 Å². The van der Waals surface area contributed by atoms with E-state index in [-0.39, 0.29) is 18.6 Å². The molecule has 0 aliphatic heterocycles. The van der Waals surface area contributed by atoms with Crippen LogP contribution in [-0.4, -0.2) is 35.1 Å². The molecule has 1 aromatic rings. The van der Waals surface area contributed by atoms with Crippen molar-refractivity contribution in [3.63, 3.8) is 0 Å². The second-order valence-corrected chi connectivity index (χ2v) is 4.76. The van der Waals surface area contributed by atoms with Crippen LogP contribution in [0.5, 0.6) is 0 Å². The number of carbonyl (C=O) groups is 1. The van der Waals surface area contributed by atoms with Gasteiger partial charge in [-0.25, -0.2) is 0 Å². The molecule has 18 heavy (non-hydrogen) atoms. The van der Waals surface area contributed by atoms with Crippen LogP contribution in [0.25, 0.3) is 0 Å². The zero-order valence-electron chi connectivity index (χ0n) is 11.3. The molecule has 4 nitrogen and oxygen atoms in total. The maximum Gasteiger partial charge on any atom is 0.256 e.